The summed E-state index contributed by atoms with van der Waals surface area (Å²) in [5, 5.41) is 9.06. The molecule has 1 rings (SSSR count). The van der Waals surface area contributed by atoms with Gasteiger partial charge in [-0.3, -0.25) is 4.79 Å². The molecule has 0 heterocycles. The van der Waals surface area contributed by atoms with E-state index < -0.39 is 29.5 Å². The van der Waals surface area contributed by atoms with Gasteiger partial charge >= 0.3 is 12.3 Å². The van der Waals surface area contributed by atoms with Crippen molar-refractivity contribution in [3.63, 3.8) is 0 Å². The first-order valence-corrected chi connectivity index (χ1v) is 6.28. The molecule has 0 saturated heterocycles. The van der Waals surface area contributed by atoms with Gasteiger partial charge in [0.2, 0.25) is 5.91 Å². The summed E-state index contributed by atoms with van der Waals surface area (Å²) in [7, 11) is 1.33. The molecule has 0 aliphatic carbocycles. The molecule has 0 aliphatic rings. The number of halogens is 3. The van der Waals surface area contributed by atoms with E-state index >= 15 is 0 Å². The minimum absolute atomic E-state index is 0.234. The molecule has 1 N–H and O–H groups in total. The fourth-order valence-electron chi connectivity index (χ4n) is 1.60. The molecule has 0 saturated carbocycles. The van der Waals surface area contributed by atoms with Gasteiger partial charge < -0.3 is 14.7 Å². The number of rotatable bonds is 5. The predicted octanol–water partition coefficient (Wildman–Crippen LogP) is 2.45. The van der Waals surface area contributed by atoms with E-state index in [2.05, 4.69) is 4.74 Å². The standard InChI is InChI=1S/C14H16F3NO4/c1-13(2,12(20)21)18(3)11(19)8-9-5-4-6-10(7-9)22-14(15,16)17/h4-7H,8H2,1-3H3,(H,20,21). The highest BCUT2D eigenvalue weighted by molar-refractivity contribution is 5.87. The Kier molecular flexibility index (Phi) is 5.05. The molecule has 1 amide bonds. The second kappa shape index (κ2) is 6.25. The van der Waals surface area contributed by atoms with Crippen LogP contribution in [0.2, 0.25) is 0 Å². The average Bonchev–Trinajstić information content (AvgIpc) is 2.35. The van der Waals surface area contributed by atoms with Crippen LogP contribution in [-0.4, -0.2) is 40.8 Å². The summed E-state index contributed by atoms with van der Waals surface area (Å²) in [4.78, 5) is 24.2. The Balaban J connectivity index is 2.85. The lowest BCUT2D eigenvalue weighted by Crippen LogP contribution is -2.51. The highest BCUT2D eigenvalue weighted by Gasteiger charge is 2.35. The van der Waals surface area contributed by atoms with E-state index in [9.17, 15) is 22.8 Å². The monoisotopic (exact) mass is 319 g/mol. The first-order valence-electron chi connectivity index (χ1n) is 6.28. The van der Waals surface area contributed by atoms with Crippen LogP contribution in [0, 0.1) is 0 Å². The molecule has 8 heteroatoms. The van der Waals surface area contributed by atoms with Crippen LogP contribution in [0.4, 0.5) is 13.2 Å². The zero-order valence-electron chi connectivity index (χ0n) is 12.3. The van der Waals surface area contributed by atoms with Crippen LogP contribution in [0.1, 0.15) is 19.4 Å². The largest absolute Gasteiger partial charge is 0.573 e. The molecule has 0 bridgehead atoms. The molecule has 1 aromatic carbocycles. The number of benzene rings is 1. The van der Waals surface area contributed by atoms with E-state index in [4.69, 9.17) is 5.11 Å². The molecule has 0 fully saturated rings. The van der Waals surface area contributed by atoms with Crippen LogP contribution in [-0.2, 0) is 16.0 Å². The smallest absolute Gasteiger partial charge is 0.480 e. The quantitative estimate of drug-likeness (QED) is 0.905. The number of carbonyl (C=O) groups is 2. The molecule has 22 heavy (non-hydrogen) atoms. The number of aliphatic carboxylic acids is 1. The number of likely N-dealkylation sites (N-methyl/N-ethyl adjacent to an activating group) is 1. The Hall–Kier alpha value is -2.25. The normalized spacial score (nSPS) is 11.9. The molecule has 0 spiro atoms. The highest BCUT2D eigenvalue weighted by Crippen LogP contribution is 2.24. The number of carbonyl (C=O) groups excluding carboxylic acids is 1. The first-order chi connectivity index (χ1) is 9.93. The lowest BCUT2D eigenvalue weighted by Gasteiger charge is -2.31. The minimum atomic E-state index is -4.81. The summed E-state index contributed by atoms with van der Waals surface area (Å²) in [5.41, 5.74) is -1.13. The summed E-state index contributed by atoms with van der Waals surface area (Å²) in [5.74, 6) is -2.15. The molecule has 1 aromatic rings. The molecule has 0 radical (unpaired) electrons. The highest BCUT2D eigenvalue weighted by atomic mass is 19.4. The van der Waals surface area contributed by atoms with Crippen LogP contribution in [0.5, 0.6) is 5.75 Å². The lowest BCUT2D eigenvalue weighted by molar-refractivity contribution is -0.274. The Bertz CT molecular complexity index is 569. The summed E-state index contributed by atoms with van der Waals surface area (Å²) < 4.78 is 40.2. The Morgan fingerprint density at radius 1 is 1.27 bits per heavy atom. The van der Waals surface area contributed by atoms with Gasteiger partial charge in [-0.1, -0.05) is 12.1 Å². The molecule has 0 aromatic heterocycles. The zero-order valence-corrected chi connectivity index (χ0v) is 12.3. The van der Waals surface area contributed by atoms with Gasteiger partial charge in [0.1, 0.15) is 11.3 Å². The number of carboxylic acids is 1. The van der Waals surface area contributed by atoms with Gasteiger partial charge in [-0.05, 0) is 31.5 Å². The SMILES string of the molecule is CN(C(=O)Cc1cccc(OC(F)(F)F)c1)C(C)(C)C(=O)O. The second-order valence-corrected chi connectivity index (χ2v) is 5.19. The molecular formula is C14H16F3NO4. The van der Waals surface area contributed by atoms with Crippen molar-refractivity contribution in [3.05, 3.63) is 29.8 Å². The van der Waals surface area contributed by atoms with E-state index in [1.54, 1.807) is 0 Å². The van der Waals surface area contributed by atoms with Gasteiger partial charge in [0.15, 0.2) is 0 Å². The van der Waals surface area contributed by atoms with Crippen molar-refractivity contribution < 1.29 is 32.6 Å². The fourth-order valence-corrected chi connectivity index (χ4v) is 1.60. The van der Waals surface area contributed by atoms with Crippen LogP contribution in [0.3, 0.4) is 0 Å². The number of hydrogen-bond donors (Lipinski definition) is 1. The Labute approximate surface area is 125 Å². The number of hydrogen-bond acceptors (Lipinski definition) is 3. The average molecular weight is 319 g/mol. The van der Waals surface area contributed by atoms with Crippen molar-refractivity contribution in [1.29, 1.82) is 0 Å². The lowest BCUT2D eigenvalue weighted by atomic mass is 10.0. The van der Waals surface area contributed by atoms with Gasteiger partial charge in [0.25, 0.3) is 0 Å². The van der Waals surface area contributed by atoms with E-state index in [1.807, 2.05) is 0 Å². The maximum atomic E-state index is 12.1. The second-order valence-electron chi connectivity index (χ2n) is 5.19. The Morgan fingerprint density at radius 3 is 2.36 bits per heavy atom. The summed E-state index contributed by atoms with van der Waals surface area (Å²) in [6.07, 6.45) is -5.05. The third-order valence-electron chi connectivity index (χ3n) is 3.22. The van der Waals surface area contributed by atoms with Crippen molar-refractivity contribution in [3.8, 4) is 5.75 Å². The first kappa shape index (κ1) is 17.8. The van der Waals surface area contributed by atoms with E-state index in [0.29, 0.717) is 5.56 Å². The van der Waals surface area contributed by atoms with Gasteiger partial charge in [0, 0.05) is 7.05 Å². The number of alkyl halides is 3. The summed E-state index contributed by atoms with van der Waals surface area (Å²) in [6, 6.07) is 4.99. The topological polar surface area (TPSA) is 66.8 Å². The molecule has 0 atom stereocenters. The fraction of sp³-hybridized carbons (Fsp3) is 0.429. The molecule has 122 valence electrons. The van der Waals surface area contributed by atoms with Crippen molar-refractivity contribution in [2.75, 3.05) is 7.05 Å². The molecule has 5 nitrogen and oxygen atoms in total. The van der Waals surface area contributed by atoms with Gasteiger partial charge in [-0.25, -0.2) is 4.79 Å². The third-order valence-corrected chi connectivity index (χ3v) is 3.22. The molecule has 0 unspecified atom stereocenters. The van der Waals surface area contributed by atoms with Gasteiger partial charge in [0.05, 0.1) is 6.42 Å². The number of carboxylic acid groups (broad SMARTS) is 1. The molecular weight excluding hydrogens is 303 g/mol. The zero-order chi connectivity index (χ0) is 17.1. The van der Waals surface area contributed by atoms with Gasteiger partial charge in [-0.2, -0.15) is 0 Å². The van der Waals surface area contributed by atoms with Gasteiger partial charge in [-0.15, -0.1) is 13.2 Å². The maximum Gasteiger partial charge on any atom is 0.573 e. The van der Waals surface area contributed by atoms with Crippen molar-refractivity contribution >= 4 is 11.9 Å². The summed E-state index contributed by atoms with van der Waals surface area (Å²) in [6.45, 7) is 2.72. The Morgan fingerprint density at radius 2 is 1.86 bits per heavy atom. The maximum absolute atomic E-state index is 12.1. The number of nitrogens with zero attached hydrogens (tertiary/aromatic N) is 1. The van der Waals surface area contributed by atoms with Crippen LogP contribution < -0.4 is 4.74 Å². The van der Waals surface area contributed by atoms with Crippen molar-refractivity contribution in [2.45, 2.75) is 32.2 Å². The molecule has 0 aliphatic heterocycles. The van der Waals surface area contributed by atoms with E-state index in [0.717, 1.165) is 17.0 Å². The van der Waals surface area contributed by atoms with Crippen LogP contribution in [0.15, 0.2) is 24.3 Å². The third kappa shape index (κ3) is 4.64. The predicted molar refractivity (Wildman–Crippen MR) is 71.3 cm³/mol. The van der Waals surface area contributed by atoms with Crippen molar-refractivity contribution in [1.82, 2.24) is 4.90 Å². The number of ether oxygens (including phenoxy) is 1. The van der Waals surface area contributed by atoms with E-state index in [-0.39, 0.29) is 6.42 Å². The summed E-state index contributed by atoms with van der Waals surface area (Å²) >= 11 is 0. The van der Waals surface area contributed by atoms with Crippen LogP contribution in [0.25, 0.3) is 0 Å². The minimum Gasteiger partial charge on any atom is -0.480 e. The number of amides is 1. The van der Waals surface area contributed by atoms with Crippen LogP contribution >= 0.6 is 0 Å². The van der Waals surface area contributed by atoms with Crippen molar-refractivity contribution in [2.24, 2.45) is 0 Å². The van der Waals surface area contributed by atoms with E-state index in [1.165, 1.54) is 33.0 Å².